The molecule has 0 radical (unpaired) electrons. The molecule has 5 nitrogen and oxygen atoms in total. The summed E-state index contributed by atoms with van der Waals surface area (Å²) >= 11 is 0. The molecule has 1 saturated carbocycles. The van der Waals surface area contributed by atoms with Gasteiger partial charge in [-0.3, -0.25) is 9.59 Å². The van der Waals surface area contributed by atoms with Crippen molar-refractivity contribution in [1.29, 1.82) is 0 Å². The normalized spacial score (nSPS) is 30.0. The van der Waals surface area contributed by atoms with E-state index in [0.29, 0.717) is 25.4 Å². The second kappa shape index (κ2) is 7.25. The summed E-state index contributed by atoms with van der Waals surface area (Å²) in [6, 6.07) is 0. The minimum absolute atomic E-state index is 0.0348. The summed E-state index contributed by atoms with van der Waals surface area (Å²) < 4.78 is 0. The zero-order valence-electron chi connectivity index (χ0n) is 13.2. The minimum Gasteiger partial charge on any atom is -0.393 e. The molecule has 2 fully saturated rings. The molecular formula is C16H28N2O3. The van der Waals surface area contributed by atoms with Gasteiger partial charge in [-0.2, -0.15) is 0 Å². The summed E-state index contributed by atoms with van der Waals surface area (Å²) in [6.07, 6.45) is 4.05. The number of nitrogens with one attached hydrogen (secondary N) is 1. The molecule has 1 aliphatic heterocycles. The molecular weight excluding hydrogens is 268 g/mol. The number of likely N-dealkylation sites (tertiary alicyclic amines) is 1. The third kappa shape index (κ3) is 4.43. The van der Waals surface area contributed by atoms with Gasteiger partial charge in [0.2, 0.25) is 11.8 Å². The van der Waals surface area contributed by atoms with Gasteiger partial charge in [-0.25, -0.2) is 0 Å². The lowest BCUT2D eigenvalue weighted by molar-refractivity contribution is -0.129. The highest BCUT2D eigenvalue weighted by Crippen LogP contribution is 2.24. The van der Waals surface area contributed by atoms with Gasteiger partial charge < -0.3 is 15.3 Å². The van der Waals surface area contributed by atoms with Crippen molar-refractivity contribution in [3.8, 4) is 0 Å². The van der Waals surface area contributed by atoms with Gasteiger partial charge in [0.25, 0.3) is 0 Å². The van der Waals surface area contributed by atoms with Crippen LogP contribution in [0.2, 0.25) is 0 Å². The number of hydrogen-bond acceptors (Lipinski definition) is 3. The molecule has 2 aliphatic rings. The van der Waals surface area contributed by atoms with Gasteiger partial charge in [-0.15, -0.1) is 0 Å². The molecule has 0 spiro atoms. The smallest absolute Gasteiger partial charge is 0.225 e. The van der Waals surface area contributed by atoms with Gasteiger partial charge in [-0.05, 0) is 18.8 Å². The fourth-order valence-electron chi connectivity index (χ4n) is 3.37. The van der Waals surface area contributed by atoms with Crippen LogP contribution < -0.4 is 5.32 Å². The summed E-state index contributed by atoms with van der Waals surface area (Å²) in [5, 5.41) is 12.9. The van der Waals surface area contributed by atoms with Gasteiger partial charge in [0, 0.05) is 32.0 Å². The minimum atomic E-state index is -0.290. The molecule has 3 atom stereocenters. The van der Waals surface area contributed by atoms with Crippen LogP contribution in [0.1, 0.15) is 46.0 Å². The van der Waals surface area contributed by atoms with Crippen molar-refractivity contribution in [3.05, 3.63) is 0 Å². The lowest BCUT2D eigenvalue weighted by atomic mass is 9.86. The first-order chi connectivity index (χ1) is 9.97. The van der Waals surface area contributed by atoms with E-state index in [2.05, 4.69) is 19.2 Å². The Morgan fingerprint density at radius 1 is 1.38 bits per heavy atom. The van der Waals surface area contributed by atoms with Crippen LogP contribution in [-0.2, 0) is 9.59 Å². The maximum Gasteiger partial charge on any atom is 0.225 e. The van der Waals surface area contributed by atoms with Crippen LogP contribution in [0.5, 0.6) is 0 Å². The van der Waals surface area contributed by atoms with Crippen molar-refractivity contribution in [3.63, 3.8) is 0 Å². The van der Waals surface area contributed by atoms with Crippen molar-refractivity contribution < 1.29 is 14.7 Å². The molecule has 0 aromatic heterocycles. The maximum atomic E-state index is 12.2. The molecule has 1 heterocycles. The number of amides is 2. The van der Waals surface area contributed by atoms with Crippen LogP contribution in [0.15, 0.2) is 0 Å². The van der Waals surface area contributed by atoms with Gasteiger partial charge >= 0.3 is 0 Å². The van der Waals surface area contributed by atoms with Crippen LogP contribution in [-0.4, -0.2) is 47.6 Å². The number of carbonyl (C=O) groups excluding carboxylic acids is 2. The summed E-state index contributed by atoms with van der Waals surface area (Å²) in [7, 11) is 0. The van der Waals surface area contributed by atoms with Gasteiger partial charge in [0.1, 0.15) is 0 Å². The zero-order valence-corrected chi connectivity index (χ0v) is 13.2. The molecule has 0 bridgehead atoms. The molecule has 2 rings (SSSR count). The number of aliphatic hydroxyl groups is 1. The fourth-order valence-corrected chi connectivity index (χ4v) is 3.37. The van der Waals surface area contributed by atoms with Gasteiger partial charge in [0.15, 0.2) is 0 Å². The predicted octanol–water partition coefficient (Wildman–Crippen LogP) is 1.16. The summed E-state index contributed by atoms with van der Waals surface area (Å²) in [4.78, 5) is 25.9. The molecule has 120 valence electrons. The third-order valence-electron chi connectivity index (χ3n) is 4.58. The van der Waals surface area contributed by atoms with E-state index in [1.165, 1.54) is 0 Å². The Balaban J connectivity index is 1.77. The first kappa shape index (κ1) is 16.3. The van der Waals surface area contributed by atoms with Crippen LogP contribution >= 0.6 is 0 Å². The van der Waals surface area contributed by atoms with E-state index in [1.807, 2.05) is 0 Å². The highest BCUT2D eigenvalue weighted by Gasteiger charge is 2.34. The fraction of sp³-hybridized carbons (Fsp3) is 0.875. The van der Waals surface area contributed by atoms with E-state index in [1.54, 1.807) is 4.90 Å². The van der Waals surface area contributed by atoms with Crippen molar-refractivity contribution in [2.45, 2.75) is 52.1 Å². The number of aliphatic hydroxyl groups excluding tert-OH is 1. The predicted molar refractivity (Wildman–Crippen MR) is 80.5 cm³/mol. The Labute approximate surface area is 127 Å². The van der Waals surface area contributed by atoms with E-state index in [9.17, 15) is 14.7 Å². The molecule has 1 saturated heterocycles. The lowest BCUT2D eigenvalue weighted by Crippen LogP contribution is -2.40. The maximum absolute atomic E-state index is 12.2. The Kier molecular flexibility index (Phi) is 5.62. The van der Waals surface area contributed by atoms with Crippen LogP contribution in [0, 0.1) is 17.8 Å². The number of carbonyl (C=O) groups is 2. The molecule has 5 heteroatoms. The first-order valence-electron chi connectivity index (χ1n) is 8.21. The van der Waals surface area contributed by atoms with Crippen LogP contribution in [0.3, 0.4) is 0 Å². The Morgan fingerprint density at radius 3 is 2.76 bits per heavy atom. The first-order valence-corrected chi connectivity index (χ1v) is 8.21. The quantitative estimate of drug-likeness (QED) is 0.800. The zero-order chi connectivity index (χ0) is 15.4. The Hall–Kier alpha value is -1.10. The van der Waals surface area contributed by atoms with E-state index < -0.39 is 0 Å². The van der Waals surface area contributed by atoms with E-state index in [4.69, 9.17) is 0 Å². The summed E-state index contributed by atoms with van der Waals surface area (Å²) in [5.74, 6) is 0.422. The van der Waals surface area contributed by atoms with Crippen LogP contribution in [0.25, 0.3) is 0 Å². The summed E-state index contributed by atoms with van der Waals surface area (Å²) in [5.41, 5.74) is 0. The molecule has 2 amide bonds. The Morgan fingerprint density at radius 2 is 2.10 bits per heavy atom. The molecule has 1 aliphatic carbocycles. The number of hydrogen-bond donors (Lipinski definition) is 2. The molecule has 0 aromatic rings. The highest BCUT2D eigenvalue weighted by molar-refractivity contribution is 5.89. The summed E-state index contributed by atoms with van der Waals surface area (Å²) in [6.45, 7) is 5.95. The monoisotopic (exact) mass is 296 g/mol. The number of nitrogens with zero attached hydrogens (tertiary/aromatic N) is 1. The second-order valence-electron chi connectivity index (χ2n) is 6.95. The van der Waals surface area contributed by atoms with E-state index in [0.717, 1.165) is 32.2 Å². The largest absolute Gasteiger partial charge is 0.393 e. The van der Waals surface area contributed by atoms with Gasteiger partial charge in [-0.1, -0.05) is 26.7 Å². The average molecular weight is 296 g/mol. The molecule has 2 N–H and O–H groups in total. The molecule has 21 heavy (non-hydrogen) atoms. The average Bonchev–Trinajstić information content (AvgIpc) is 2.78. The highest BCUT2D eigenvalue weighted by atomic mass is 16.3. The number of rotatable bonds is 5. The Bertz CT molecular complexity index is 384. The van der Waals surface area contributed by atoms with Crippen molar-refractivity contribution in [1.82, 2.24) is 10.2 Å². The van der Waals surface area contributed by atoms with Crippen molar-refractivity contribution in [2.24, 2.45) is 17.8 Å². The van der Waals surface area contributed by atoms with E-state index >= 15 is 0 Å². The third-order valence-corrected chi connectivity index (χ3v) is 4.58. The second-order valence-corrected chi connectivity index (χ2v) is 6.95. The van der Waals surface area contributed by atoms with Crippen LogP contribution in [0.4, 0.5) is 0 Å². The SMILES string of the molecule is CC(C)CN1CC(C(=O)NCC2CCCCC2O)CC1=O. The molecule has 0 aromatic carbocycles. The van der Waals surface area contributed by atoms with E-state index in [-0.39, 0.29) is 29.8 Å². The van der Waals surface area contributed by atoms with Crippen molar-refractivity contribution in [2.75, 3.05) is 19.6 Å². The standard InChI is InChI=1S/C16H28N2O3/c1-11(2)9-18-10-13(7-15(18)20)16(21)17-8-12-5-3-4-6-14(12)19/h11-14,19H,3-10H2,1-2H3,(H,17,21). The molecule has 3 unspecified atom stereocenters. The topological polar surface area (TPSA) is 69.6 Å². The van der Waals surface area contributed by atoms with Crippen molar-refractivity contribution >= 4 is 11.8 Å². The lowest BCUT2D eigenvalue weighted by Gasteiger charge is -2.28. The van der Waals surface area contributed by atoms with Gasteiger partial charge in [0.05, 0.1) is 12.0 Å².